The van der Waals surface area contributed by atoms with Gasteiger partial charge in [0.2, 0.25) is 0 Å². The third-order valence-electron chi connectivity index (χ3n) is 5.21. The molecule has 3 aliphatic rings. The highest BCUT2D eigenvalue weighted by Gasteiger charge is 2.53. The number of fused-ring (bicyclic) bond motifs is 1. The van der Waals surface area contributed by atoms with E-state index in [1.165, 1.54) is 32.2 Å². The maximum Gasteiger partial charge on any atom is 0.000511 e. The van der Waals surface area contributed by atoms with Gasteiger partial charge in [0.1, 0.15) is 0 Å². The van der Waals surface area contributed by atoms with Crippen LogP contribution in [0.1, 0.15) is 51.4 Å². The lowest BCUT2D eigenvalue weighted by atomic mass is 9.75. The normalized spacial score (nSPS) is 44.6. The van der Waals surface area contributed by atoms with Crippen LogP contribution in [0.2, 0.25) is 0 Å². The quantitative estimate of drug-likeness (QED) is 0.746. The minimum absolute atomic E-state index is 0.720. The second-order valence-electron chi connectivity index (χ2n) is 6.55. The molecule has 0 heterocycles. The van der Waals surface area contributed by atoms with Crippen LogP contribution in [-0.2, 0) is 0 Å². The van der Waals surface area contributed by atoms with Crippen molar-refractivity contribution in [3.8, 4) is 0 Å². The Bertz CT molecular complexity index is 219. The van der Waals surface area contributed by atoms with E-state index in [-0.39, 0.29) is 0 Å². The molecule has 15 heavy (non-hydrogen) atoms. The smallest absolute Gasteiger partial charge is 0.000511 e. The Morgan fingerprint density at radius 2 is 1.80 bits per heavy atom. The van der Waals surface area contributed by atoms with Gasteiger partial charge in [0.05, 0.1) is 0 Å². The molecular weight excluding hydrogens is 182 g/mol. The molecule has 0 aromatic heterocycles. The van der Waals surface area contributed by atoms with Crippen molar-refractivity contribution in [2.24, 2.45) is 23.2 Å². The van der Waals surface area contributed by atoms with Crippen molar-refractivity contribution in [2.45, 2.75) is 51.4 Å². The molecule has 0 amide bonds. The first-order chi connectivity index (χ1) is 7.31. The first-order valence-corrected chi connectivity index (χ1v) is 6.96. The van der Waals surface area contributed by atoms with E-state index in [1.54, 1.807) is 25.7 Å². The summed E-state index contributed by atoms with van der Waals surface area (Å²) in [6.45, 7) is 1.29. The van der Waals surface area contributed by atoms with Crippen LogP contribution in [0.5, 0.6) is 0 Å². The van der Waals surface area contributed by atoms with E-state index in [1.807, 2.05) is 0 Å². The fraction of sp³-hybridized carbons (Fsp3) is 1.00. The van der Waals surface area contributed by atoms with Gasteiger partial charge in [-0.2, -0.15) is 0 Å². The summed E-state index contributed by atoms with van der Waals surface area (Å²) in [5.74, 6) is 3.36. The van der Waals surface area contributed by atoms with E-state index >= 15 is 0 Å². The van der Waals surface area contributed by atoms with Crippen molar-refractivity contribution in [3.05, 3.63) is 0 Å². The van der Waals surface area contributed by atoms with Crippen molar-refractivity contribution in [1.82, 2.24) is 5.32 Å². The minimum atomic E-state index is 0.720. The van der Waals surface area contributed by atoms with Gasteiger partial charge < -0.3 is 5.32 Å². The molecule has 3 rings (SSSR count). The van der Waals surface area contributed by atoms with Crippen LogP contribution in [-0.4, -0.2) is 13.6 Å². The van der Waals surface area contributed by atoms with Crippen LogP contribution in [0.25, 0.3) is 0 Å². The van der Waals surface area contributed by atoms with Gasteiger partial charge in [-0.3, -0.25) is 0 Å². The Hall–Kier alpha value is -0.0400. The second kappa shape index (κ2) is 3.76. The van der Waals surface area contributed by atoms with Crippen LogP contribution >= 0.6 is 0 Å². The summed E-state index contributed by atoms with van der Waals surface area (Å²) in [5.41, 5.74) is 0.720. The van der Waals surface area contributed by atoms with E-state index in [9.17, 15) is 0 Å². The van der Waals surface area contributed by atoms with Gasteiger partial charge in [0.15, 0.2) is 0 Å². The third-order valence-corrected chi connectivity index (χ3v) is 5.21. The van der Waals surface area contributed by atoms with Crippen LogP contribution in [0.3, 0.4) is 0 Å². The highest BCUT2D eigenvalue weighted by Crippen LogP contribution is 2.62. The van der Waals surface area contributed by atoms with Crippen LogP contribution in [0, 0.1) is 23.2 Å². The van der Waals surface area contributed by atoms with Crippen molar-refractivity contribution in [1.29, 1.82) is 0 Å². The lowest BCUT2D eigenvalue weighted by molar-refractivity contribution is 0.194. The molecule has 1 nitrogen and oxygen atoms in total. The molecule has 1 N–H and O–H groups in total. The predicted octanol–water partition coefficient (Wildman–Crippen LogP) is 3.20. The predicted molar refractivity (Wildman–Crippen MR) is 63.8 cm³/mol. The Morgan fingerprint density at radius 3 is 2.40 bits per heavy atom. The van der Waals surface area contributed by atoms with E-state index in [4.69, 9.17) is 0 Å². The van der Waals surface area contributed by atoms with E-state index in [0.717, 1.165) is 23.2 Å². The number of hydrogen-bond acceptors (Lipinski definition) is 1. The summed E-state index contributed by atoms with van der Waals surface area (Å²) in [7, 11) is 2.14. The van der Waals surface area contributed by atoms with Gasteiger partial charge in [-0.25, -0.2) is 0 Å². The molecule has 0 aromatic rings. The standard InChI is InChI=1S/C14H25N/c1-15-10-14(7-11-4-2-3-5-11)8-12-6-13(12)9-14/h11-13,15H,2-10H2,1H3. The second-order valence-corrected chi connectivity index (χ2v) is 6.55. The average molecular weight is 207 g/mol. The first kappa shape index (κ1) is 10.1. The molecule has 0 radical (unpaired) electrons. The largest absolute Gasteiger partial charge is 0.319 e. The average Bonchev–Trinajstić information content (AvgIpc) is 2.67. The van der Waals surface area contributed by atoms with E-state index < -0.39 is 0 Å². The molecule has 0 aromatic carbocycles. The van der Waals surface area contributed by atoms with Gasteiger partial charge in [-0.15, -0.1) is 0 Å². The molecule has 0 bridgehead atoms. The summed E-state index contributed by atoms with van der Waals surface area (Å²) in [5, 5.41) is 3.47. The monoisotopic (exact) mass is 207 g/mol. The Kier molecular flexibility index (Phi) is 2.54. The van der Waals surface area contributed by atoms with Crippen molar-refractivity contribution in [2.75, 3.05) is 13.6 Å². The summed E-state index contributed by atoms with van der Waals surface area (Å²) >= 11 is 0. The zero-order valence-corrected chi connectivity index (χ0v) is 10.1. The molecular formula is C14H25N. The topological polar surface area (TPSA) is 12.0 Å². The molecule has 2 atom stereocenters. The highest BCUT2D eigenvalue weighted by molar-refractivity contribution is 5.04. The third kappa shape index (κ3) is 1.95. The van der Waals surface area contributed by atoms with Gasteiger partial charge in [-0.05, 0) is 55.9 Å². The summed E-state index contributed by atoms with van der Waals surface area (Å²) in [6, 6.07) is 0. The zero-order chi connectivity index (χ0) is 10.3. The van der Waals surface area contributed by atoms with Gasteiger partial charge >= 0.3 is 0 Å². The Balaban J connectivity index is 1.62. The SMILES string of the molecule is CNCC1(CC2CCCC2)CC2CC2C1. The fourth-order valence-corrected chi connectivity index (χ4v) is 4.59. The van der Waals surface area contributed by atoms with Crippen molar-refractivity contribution >= 4 is 0 Å². The van der Waals surface area contributed by atoms with E-state index in [0.29, 0.717) is 0 Å². The number of nitrogens with one attached hydrogen (secondary N) is 1. The fourth-order valence-electron chi connectivity index (χ4n) is 4.59. The molecule has 1 heteroatoms. The molecule has 3 saturated carbocycles. The Morgan fingerprint density at radius 1 is 1.13 bits per heavy atom. The molecule has 2 unspecified atom stereocenters. The summed E-state index contributed by atoms with van der Waals surface area (Å²) in [6.07, 6.45) is 12.3. The summed E-state index contributed by atoms with van der Waals surface area (Å²) in [4.78, 5) is 0. The van der Waals surface area contributed by atoms with Crippen LogP contribution in [0.4, 0.5) is 0 Å². The first-order valence-electron chi connectivity index (χ1n) is 6.96. The lowest BCUT2D eigenvalue weighted by Gasteiger charge is -2.33. The molecule has 3 fully saturated rings. The number of hydrogen-bond donors (Lipinski definition) is 1. The van der Waals surface area contributed by atoms with Crippen LogP contribution < -0.4 is 5.32 Å². The molecule has 0 spiro atoms. The van der Waals surface area contributed by atoms with Crippen molar-refractivity contribution < 1.29 is 0 Å². The molecule has 3 aliphatic carbocycles. The maximum atomic E-state index is 3.47. The molecule has 0 saturated heterocycles. The Labute approximate surface area is 94.0 Å². The maximum absolute atomic E-state index is 3.47. The van der Waals surface area contributed by atoms with Gasteiger partial charge in [0, 0.05) is 6.54 Å². The summed E-state index contributed by atoms with van der Waals surface area (Å²) < 4.78 is 0. The highest BCUT2D eigenvalue weighted by atomic mass is 14.8. The number of rotatable bonds is 4. The molecule has 0 aliphatic heterocycles. The van der Waals surface area contributed by atoms with Crippen molar-refractivity contribution in [3.63, 3.8) is 0 Å². The lowest BCUT2D eigenvalue weighted by Crippen LogP contribution is -2.33. The van der Waals surface area contributed by atoms with Crippen LogP contribution in [0.15, 0.2) is 0 Å². The zero-order valence-electron chi connectivity index (χ0n) is 10.1. The van der Waals surface area contributed by atoms with Gasteiger partial charge in [0.25, 0.3) is 0 Å². The molecule has 86 valence electrons. The minimum Gasteiger partial charge on any atom is -0.319 e. The van der Waals surface area contributed by atoms with E-state index in [2.05, 4.69) is 12.4 Å². The van der Waals surface area contributed by atoms with Gasteiger partial charge in [-0.1, -0.05) is 25.7 Å².